The number of carboxylic acids is 1. The van der Waals surface area contributed by atoms with Crippen LogP contribution in [0.25, 0.3) is 21.9 Å². The van der Waals surface area contributed by atoms with Crippen LogP contribution in [0.1, 0.15) is 17.0 Å². The molecule has 0 aliphatic carbocycles. The minimum Gasteiger partial charge on any atom is -0.481 e. The number of non-ortho nitro benzene ring substituents is 1. The zero-order valence-corrected chi connectivity index (χ0v) is 14.3. The molecular weight excluding hydrogens is 364 g/mol. The smallest absolute Gasteiger partial charge is 0.307 e. The van der Waals surface area contributed by atoms with E-state index in [4.69, 9.17) is 11.6 Å². The van der Waals surface area contributed by atoms with Crippen molar-refractivity contribution in [3.05, 3.63) is 68.2 Å². The van der Waals surface area contributed by atoms with Crippen LogP contribution in [0.2, 0.25) is 5.02 Å². The molecule has 1 aromatic heterocycles. The van der Waals surface area contributed by atoms with Crippen LogP contribution < -0.4 is 0 Å². The van der Waals surface area contributed by atoms with Crippen LogP contribution in [-0.4, -0.2) is 21.0 Å². The minimum atomic E-state index is -1.02. The molecule has 8 heteroatoms. The van der Waals surface area contributed by atoms with Crippen molar-refractivity contribution < 1.29 is 14.8 Å². The third-order valence-corrected chi connectivity index (χ3v) is 4.89. The molecule has 25 heavy (non-hydrogen) atoms. The number of nitro benzene ring substituents is 1. The summed E-state index contributed by atoms with van der Waals surface area (Å²) in [5.41, 5.74) is 1.47. The van der Waals surface area contributed by atoms with Gasteiger partial charge in [0.2, 0.25) is 0 Å². The van der Waals surface area contributed by atoms with Crippen LogP contribution in [-0.2, 0) is 4.79 Å². The molecule has 0 unspecified atom stereocenters. The van der Waals surface area contributed by atoms with E-state index in [1.165, 1.54) is 29.5 Å². The Morgan fingerprint density at radius 2 is 2.08 bits per heavy atom. The second-order valence-corrected chi connectivity index (χ2v) is 6.63. The van der Waals surface area contributed by atoms with Crippen molar-refractivity contribution in [3.8, 4) is 0 Å². The number of carboxylic acid groups (broad SMARTS) is 1. The number of para-hydroxylation sites is 1. The van der Waals surface area contributed by atoms with Crippen molar-refractivity contribution in [1.82, 2.24) is 4.98 Å². The number of halogens is 1. The summed E-state index contributed by atoms with van der Waals surface area (Å²) < 4.78 is 0.930. The van der Waals surface area contributed by atoms with Gasteiger partial charge in [-0.3, -0.25) is 14.9 Å². The summed E-state index contributed by atoms with van der Waals surface area (Å²) in [6.45, 7) is 0. The van der Waals surface area contributed by atoms with Gasteiger partial charge in [0.1, 0.15) is 5.01 Å². The van der Waals surface area contributed by atoms with Gasteiger partial charge in [0.05, 0.1) is 21.6 Å². The van der Waals surface area contributed by atoms with Crippen molar-refractivity contribution in [2.24, 2.45) is 0 Å². The first-order valence-corrected chi connectivity index (χ1v) is 8.36. The summed E-state index contributed by atoms with van der Waals surface area (Å²) >= 11 is 7.48. The van der Waals surface area contributed by atoms with Gasteiger partial charge in [-0.15, -0.1) is 11.3 Å². The van der Waals surface area contributed by atoms with Crippen LogP contribution in [0.5, 0.6) is 0 Å². The van der Waals surface area contributed by atoms with Crippen LogP contribution in [0, 0.1) is 10.1 Å². The fourth-order valence-electron chi connectivity index (χ4n) is 2.30. The van der Waals surface area contributed by atoms with Crippen LogP contribution in [0.4, 0.5) is 5.69 Å². The Kier molecular flexibility index (Phi) is 4.78. The standard InChI is InChI=1S/C17H11ClN2O4S/c18-13-6-5-12(20(23)24)8-10(13)7-11(9-16(21)22)17-19-14-3-1-2-4-15(14)25-17/h1-8H,9H2,(H,21,22). The molecule has 0 radical (unpaired) electrons. The lowest BCUT2D eigenvalue weighted by Gasteiger charge is -2.03. The number of nitrogens with zero attached hydrogens (tertiary/aromatic N) is 2. The van der Waals surface area contributed by atoms with Crippen LogP contribution in [0.15, 0.2) is 42.5 Å². The molecule has 0 fully saturated rings. The third kappa shape index (κ3) is 3.84. The summed E-state index contributed by atoms with van der Waals surface area (Å²) in [5, 5.41) is 21.0. The van der Waals surface area contributed by atoms with Crippen LogP contribution in [0.3, 0.4) is 0 Å². The van der Waals surface area contributed by atoms with Crippen molar-refractivity contribution in [2.75, 3.05) is 0 Å². The summed E-state index contributed by atoms with van der Waals surface area (Å²) in [5.74, 6) is -1.02. The van der Waals surface area contributed by atoms with E-state index in [1.807, 2.05) is 24.3 Å². The summed E-state index contributed by atoms with van der Waals surface area (Å²) in [4.78, 5) is 26.1. The highest BCUT2D eigenvalue weighted by Gasteiger charge is 2.15. The summed E-state index contributed by atoms with van der Waals surface area (Å²) in [7, 11) is 0. The number of aromatic nitrogens is 1. The maximum absolute atomic E-state index is 11.2. The quantitative estimate of drug-likeness (QED) is 0.507. The minimum absolute atomic E-state index is 0.116. The predicted octanol–water partition coefficient (Wildman–Crippen LogP) is 4.87. The number of fused-ring (bicyclic) bond motifs is 1. The molecule has 3 rings (SSSR count). The Bertz CT molecular complexity index is 980. The summed E-state index contributed by atoms with van der Waals surface area (Å²) in [6.07, 6.45) is 1.28. The van der Waals surface area contributed by atoms with E-state index < -0.39 is 10.9 Å². The molecule has 0 atom stereocenters. The van der Waals surface area contributed by atoms with E-state index in [0.29, 0.717) is 21.2 Å². The topological polar surface area (TPSA) is 93.3 Å². The van der Waals surface area contributed by atoms with E-state index in [-0.39, 0.29) is 12.1 Å². The number of rotatable bonds is 5. The lowest BCUT2D eigenvalue weighted by Crippen LogP contribution is -1.97. The number of nitro groups is 1. The fourth-order valence-corrected chi connectivity index (χ4v) is 3.46. The zero-order chi connectivity index (χ0) is 18.0. The van der Waals surface area contributed by atoms with Gasteiger partial charge in [-0.1, -0.05) is 23.7 Å². The average molecular weight is 375 g/mol. The van der Waals surface area contributed by atoms with E-state index >= 15 is 0 Å². The number of carbonyl (C=O) groups is 1. The second kappa shape index (κ2) is 7.00. The molecule has 3 aromatic rings. The van der Waals surface area contributed by atoms with Crippen molar-refractivity contribution in [1.29, 1.82) is 0 Å². The molecule has 1 N–H and O–H groups in total. The molecule has 126 valence electrons. The van der Waals surface area contributed by atoms with E-state index in [2.05, 4.69) is 4.98 Å². The SMILES string of the molecule is O=C(O)CC(=Cc1cc([N+](=O)[O-])ccc1Cl)c1nc2ccccc2s1. The second-order valence-electron chi connectivity index (χ2n) is 5.19. The van der Waals surface area contributed by atoms with E-state index in [1.54, 1.807) is 6.08 Å². The van der Waals surface area contributed by atoms with Gasteiger partial charge >= 0.3 is 5.97 Å². The first kappa shape index (κ1) is 17.1. The van der Waals surface area contributed by atoms with E-state index in [9.17, 15) is 20.0 Å². The predicted molar refractivity (Wildman–Crippen MR) is 97.9 cm³/mol. The monoisotopic (exact) mass is 374 g/mol. The number of aliphatic carboxylic acids is 1. The van der Waals surface area contributed by atoms with Gasteiger partial charge in [-0.2, -0.15) is 0 Å². The third-order valence-electron chi connectivity index (χ3n) is 3.43. The Balaban J connectivity index is 2.12. The number of benzene rings is 2. The number of thiazole rings is 1. The van der Waals surface area contributed by atoms with Crippen molar-refractivity contribution in [3.63, 3.8) is 0 Å². The van der Waals surface area contributed by atoms with E-state index in [0.717, 1.165) is 10.2 Å². The molecule has 0 saturated heterocycles. The highest BCUT2D eigenvalue weighted by Crippen LogP contribution is 2.32. The highest BCUT2D eigenvalue weighted by molar-refractivity contribution is 7.19. The molecule has 0 saturated carbocycles. The molecule has 0 aliphatic rings. The molecule has 6 nitrogen and oxygen atoms in total. The lowest BCUT2D eigenvalue weighted by molar-refractivity contribution is -0.384. The first-order chi connectivity index (χ1) is 11.9. The Hall–Kier alpha value is -2.77. The Labute approximate surface area is 151 Å². The molecule has 0 spiro atoms. The summed E-state index contributed by atoms with van der Waals surface area (Å²) in [6, 6.07) is 11.5. The molecular formula is C17H11ClN2O4S. The van der Waals surface area contributed by atoms with Gasteiger partial charge in [0.25, 0.3) is 5.69 Å². The van der Waals surface area contributed by atoms with Gasteiger partial charge < -0.3 is 5.11 Å². The maximum Gasteiger partial charge on any atom is 0.307 e. The number of hydrogen-bond acceptors (Lipinski definition) is 5. The zero-order valence-electron chi connectivity index (χ0n) is 12.7. The molecule has 0 bridgehead atoms. The lowest BCUT2D eigenvalue weighted by atomic mass is 10.1. The number of hydrogen-bond donors (Lipinski definition) is 1. The molecule has 2 aromatic carbocycles. The fraction of sp³-hybridized carbons (Fsp3) is 0.0588. The highest BCUT2D eigenvalue weighted by atomic mass is 35.5. The molecule has 1 heterocycles. The molecule has 0 amide bonds. The van der Waals surface area contributed by atoms with Crippen LogP contribution >= 0.6 is 22.9 Å². The van der Waals surface area contributed by atoms with Gasteiger partial charge in [0, 0.05) is 22.7 Å². The van der Waals surface area contributed by atoms with Crippen molar-refractivity contribution >= 4 is 56.5 Å². The maximum atomic E-state index is 11.2. The first-order valence-electron chi connectivity index (χ1n) is 7.16. The largest absolute Gasteiger partial charge is 0.481 e. The Morgan fingerprint density at radius 1 is 1.32 bits per heavy atom. The van der Waals surface area contributed by atoms with Gasteiger partial charge in [0.15, 0.2) is 0 Å². The average Bonchev–Trinajstić information content (AvgIpc) is 2.99. The van der Waals surface area contributed by atoms with Crippen molar-refractivity contribution in [2.45, 2.75) is 6.42 Å². The Morgan fingerprint density at radius 3 is 2.76 bits per heavy atom. The normalized spacial score (nSPS) is 11.6. The van der Waals surface area contributed by atoms with Gasteiger partial charge in [-0.25, -0.2) is 4.98 Å². The van der Waals surface area contributed by atoms with Gasteiger partial charge in [-0.05, 0) is 29.8 Å². The molecule has 0 aliphatic heterocycles.